The predicted molar refractivity (Wildman–Crippen MR) is 97.1 cm³/mol. The van der Waals surface area contributed by atoms with Crippen LogP contribution in [0.25, 0.3) is 10.9 Å². The lowest BCUT2D eigenvalue weighted by Gasteiger charge is -2.13. The van der Waals surface area contributed by atoms with Crippen molar-refractivity contribution >= 4 is 28.6 Å². The van der Waals surface area contributed by atoms with Crippen LogP contribution in [-0.2, 0) is 11.3 Å². The molecule has 1 unspecified atom stereocenters. The van der Waals surface area contributed by atoms with Crippen molar-refractivity contribution in [2.45, 2.75) is 37.6 Å². The summed E-state index contributed by atoms with van der Waals surface area (Å²) in [7, 11) is 0. The zero-order valence-electron chi connectivity index (χ0n) is 14.0. The number of fused-ring (bicyclic) bond motifs is 1. The summed E-state index contributed by atoms with van der Waals surface area (Å²) in [4.78, 5) is 17.0. The molecule has 5 heteroatoms. The second kappa shape index (κ2) is 7.09. The summed E-state index contributed by atoms with van der Waals surface area (Å²) in [5, 5.41) is 4.69. The van der Waals surface area contributed by atoms with Gasteiger partial charge in [-0.15, -0.1) is 0 Å². The number of rotatable bonds is 5. The number of thioether (sulfide) groups is 1. The van der Waals surface area contributed by atoms with E-state index in [9.17, 15) is 4.79 Å². The minimum atomic E-state index is -0.228. The second-order valence-electron chi connectivity index (χ2n) is 5.81. The Morgan fingerprint density at radius 3 is 2.83 bits per heavy atom. The van der Waals surface area contributed by atoms with Gasteiger partial charge in [-0.3, -0.25) is 4.79 Å². The van der Waals surface area contributed by atoms with Crippen LogP contribution in [0.2, 0.25) is 0 Å². The SMILES string of the molecule is Cc1cc(SC(C)C(=O)NCc2ccco2)nc2c(C)cccc12. The molecule has 2 aromatic heterocycles. The van der Waals surface area contributed by atoms with Crippen LogP contribution in [0.5, 0.6) is 0 Å². The molecule has 0 bridgehead atoms. The molecule has 0 fully saturated rings. The minimum absolute atomic E-state index is 0.0271. The Bertz CT molecular complexity index is 859. The topological polar surface area (TPSA) is 55.1 Å². The molecule has 4 nitrogen and oxygen atoms in total. The van der Waals surface area contributed by atoms with Crippen LogP contribution < -0.4 is 5.32 Å². The first-order chi connectivity index (χ1) is 11.5. The van der Waals surface area contributed by atoms with Gasteiger partial charge >= 0.3 is 0 Å². The molecule has 1 N–H and O–H groups in total. The van der Waals surface area contributed by atoms with Crippen molar-refractivity contribution in [1.29, 1.82) is 0 Å². The monoisotopic (exact) mass is 340 g/mol. The molecule has 124 valence electrons. The molecule has 0 saturated carbocycles. The summed E-state index contributed by atoms with van der Waals surface area (Å²) in [5.74, 6) is 0.719. The van der Waals surface area contributed by atoms with Gasteiger partial charge < -0.3 is 9.73 Å². The van der Waals surface area contributed by atoms with E-state index in [0.29, 0.717) is 6.54 Å². The van der Waals surface area contributed by atoms with E-state index in [2.05, 4.69) is 31.3 Å². The molecule has 3 rings (SSSR count). The zero-order chi connectivity index (χ0) is 17.1. The Morgan fingerprint density at radius 1 is 1.25 bits per heavy atom. The Kier molecular flexibility index (Phi) is 4.90. The van der Waals surface area contributed by atoms with E-state index in [1.165, 1.54) is 17.3 Å². The number of furan rings is 1. The Morgan fingerprint density at radius 2 is 2.08 bits per heavy atom. The van der Waals surface area contributed by atoms with E-state index in [0.717, 1.165) is 27.3 Å². The third kappa shape index (κ3) is 3.62. The van der Waals surface area contributed by atoms with Crippen LogP contribution in [0.4, 0.5) is 0 Å². The quantitative estimate of drug-likeness (QED) is 0.706. The van der Waals surface area contributed by atoms with Gasteiger partial charge in [0.05, 0.1) is 28.6 Å². The maximum atomic E-state index is 12.3. The third-order valence-corrected chi connectivity index (χ3v) is 4.93. The fourth-order valence-electron chi connectivity index (χ4n) is 2.56. The van der Waals surface area contributed by atoms with Crippen molar-refractivity contribution in [2.24, 2.45) is 0 Å². The average Bonchev–Trinajstić information content (AvgIpc) is 3.07. The highest BCUT2D eigenvalue weighted by Gasteiger charge is 2.16. The molecule has 0 saturated heterocycles. The highest BCUT2D eigenvalue weighted by molar-refractivity contribution is 8.00. The normalized spacial score (nSPS) is 12.3. The van der Waals surface area contributed by atoms with Gasteiger partial charge in [0.2, 0.25) is 5.91 Å². The first-order valence-electron chi connectivity index (χ1n) is 7.88. The second-order valence-corrected chi connectivity index (χ2v) is 7.17. The van der Waals surface area contributed by atoms with E-state index < -0.39 is 0 Å². The van der Waals surface area contributed by atoms with Gasteiger partial charge in [-0.25, -0.2) is 4.98 Å². The van der Waals surface area contributed by atoms with Crippen molar-refractivity contribution in [3.8, 4) is 0 Å². The number of carbonyl (C=O) groups is 1. The van der Waals surface area contributed by atoms with Crippen LogP contribution in [0.1, 0.15) is 23.8 Å². The molecule has 0 aliphatic rings. The molecule has 0 radical (unpaired) electrons. The van der Waals surface area contributed by atoms with E-state index in [1.54, 1.807) is 6.26 Å². The van der Waals surface area contributed by atoms with E-state index in [4.69, 9.17) is 9.40 Å². The summed E-state index contributed by atoms with van der Waals surface area (Å²) in [5.41, 5.74) is 3.32. The van der Waals surface area contributed by atoms with Crippen LogP contribution >= 0.6 is 11.8 Å². The lowest BCUT2D eigenvalue weighted by atomic mass is 10.1. The first-order valence-corrected chi connectivity index (χ1v) is 8.76. The van der Waals surface area contributed by atoms with Gasteiger partial charge in [0.25, 0.3) is 0 Å². The molecule has 0 aliphatic heterocycles. The number of para-hydroxylation sites is 1. The number of nitrogens with one attached hydrogen (secondary N) is 1. The summed E-state index contributed by atoms with van der Waals surface area (Å²) < 4.78 is 5.23. The Hall–Kier alpha value is -2.27. The van der Waals surface area contributed by atoms with Crippen LogP contribution in [-0.4, -0.2) is 16.1 Å². The van der Waals surface area contributed by atoms with Crippen molar-refractivity contribution < 1.29 is 9.21 Å². The number of pyridine rings is 1. The minimum Gasteiger partial charge on any atom is -0.467 e. The van der Waals surface area contributed by atoms with Crippen LogP contribution in [0.15, 0.2) is 52.1 Å². The predicted octanol–water partition coefficient (Wildman–Crippen LogP) is 4.24. The first kappa shape index (κ1) is 16.6. The molecule has 24 heavy (non-hydrogen) atoms. The maximum Gasteiger partial charge on any atom is 0.233 e. The molecule has 0 aliphatic carbocycles. The van der Waals surface area contributed by atoms with Crippen molar-refractivity contribution in [3.05, 3.63) is 59.5 Å². The number of aryl methyl sites for hydroxylation is 2. The molecule has 1 atom stereocenters. The zero-order valence-corrected chi connectivity index (χ0v) is 14.8. The van der Waals surface area contributed by atoms with Gasteiger partial charge in [-0.1, -0.05) is 30.0 Å². The number of benzene rings is 1. The van der Waals surface area contributed by atoms with Crippen LogP contribution in [0, 0.1) is 13.8 Å². The standard InChI is InChI=1S/C19H20N2O2S/c1-12-6-4-8-16-13(2)10-17(21-18(12)16)24-14(3)19(22)20-11-15-7-5-9-23-15/h4-10,14H,11H2,1-3H3,(H,20,22). The fourth-order valence-corrected chi connectivity index (χ4v) is 3.50. The van der Waals surface area contributed by atoms with E-state index in [1.807, 2.05) is 31.2 Å². The van der Waals surface area contributed by atoms with E-state index >= 15 is 0 Å². The number of nitrogens with zero attached hydrogens (tertiary/aromatic N) is 1. The van der Waals surface area contributed by atoms with Crippen molar-refractivity contribution in [1.82, 2.24) is 10.3 Å². The summed E-state index contributed by atoms with van der Waals surface area (Å²) >= 11 is 1.47. The smallest absolute Gasteiger partial charge is 0.233 e. The largest absolute Gasteiger partial charge is 0.467 e. The average molecular weight is 340 g/mol. The van der Waals surface area contributed by atoms with Crippen molar-refractivity contribution in [2.75, 3.05) is 0 Å². The highest BCUT2D eigenvalue weighted by atomic mass is 32.2. The summed E-state index contributed by atoms with van der Waals surface area (Å²) in [6.07, 6.45) is 1.60. The number of hydrogen-bond donors (Lipinski definition) is 1. The van der Waals surface area contributed by atoms with E-state index in [-0.39, 0.29) is 11.2 Å². The number of carbonyl (C=O) groups excluding carboxylic acids is 1. The summed E-state index contributed by atoms with van der Waals surface area (Å²) in [6, 6.07) is 11.9. The maximum absolute atomic E-state index is 12.3. The lowest BCUT2D eigenvalue weighted by molar-refractivity contribution is -0.120. The lowest BCUT2D eigenvalue weighted by Crippen LogP contribution is -2.30. The van der Waals surface area contributed by atoms with Gasteiger partial charge in [0.15, 0.2) is 0 Å². The van der Waals surface area contributed by atoms with Gasteiger partial charge in [-0.05, 0) is 50.1 Å². The fraction of sp³-hybridized carbons (Fsp3) is 0.263. The van der Waals surface area contributed by atoms with Crippen LogP contribution in [0.3, 0.4) is 0 Å². The Balaban J connectivity index is 1.71. The molecule has 3 aromatic rings. The molecule has 1 aromatic carbocycles. The molecular formula is C19H20N2O2S. The summed E-state index contributed by atoms with van der Waals surface area (Å²) in [6.45, 7) is 6.43. The number of amides is 1. The van der Waals surface area contributed by atoms with Gasteiger partial charge in [-0.2, -0.15) is 0 Å². The Labute approximate surface area is 145 Å². The van der Waals surface area contributed by atoms with Crippen molar-refractivity contribution in [3.63, 3.8) is 0 Å². The molecule has 1 amide bonds. The highest BCUT2D eigenvalue weighted by Crippen LogP contribution is 2.28. The third-order valence-electron chi connectivity index (χ3n) is 3.91. The molecule has 2 heterocycles. The molecular weight excluding hydrogens is 320 g/mol. The number of hydrogen-bond acceptors (Lipinski definition) is 4. The van der Waals surface area contributed by atoms with Gasteiger partial charge in [0.1, 0.15) is 5.76 Å². The number of aromatic nitrogens is 1. The van der Waals surface area contributed by atoms with Gasteiger partial charge in [0, 0.05) is 5.39 Å². The molecule has 0 spiro atoms.